The molecule has 0 radical (unpaired) electrons. The second-order valence-corrected chi connectivity index (χ2v) is 10.1. The predicted molar refractivity (Wildman–Crippen MR) is 134 cm³/mol. The van der Waals surface area contributed by atoms with Crippen LogP contribution in [0.5, 0.6) is 5.75 Å². The zero-order chi connectivity index (χ0) is 26.5. The van der Waals surface area contributed by atoms with Crippen molar-refractivity contribution in [3.8, 4) is 23.1 Å². The molecule has 0 unspecified atom stereocenters. The summed E-state index contributed by atoms with van der Waals surface area (Å²) in [6.45, 7) is 3.72. The Kier molecular flexibility index (Phi) is 8.31. The first-order valence-corrected chi connectivity index (χ1v) is 13.0. The fourth-order valence-electron chi connectivity index (χ4n) is 4.75. The van der Waals surface area contributed by atoms with Crippen LogP contribution in [0.3, 0.4) is 0 Å². The van der Waals surface area contributed by atoms with Crippen molar-refractivity contribution in [2.24, 2.45) is 13.0 Å². The Morgan fingerprint density at radius 1 is 1.22 bits per heavy atom. The number of hydrogen-bond donors (Lipinski definition) is 0. The van der Waals surface area contributed by atoms with Crippen molar-refractivity contribution in [3.05, 3.63) is 29.7 Å². The molecule has 0 saturated heterocycles. The van der Waals surface area contributed by atoms with E-state index in [1.54, 1.807) is 42.0 Å². The Bertz CT molecular complexity index is 1170. The molecule has 2 heterocycles. The number of carbonyl (C=O) groups excluding carboxylic acids is 2. The Hall–Kier alpha value is -3.61. The van der Waals surface area contributed by atoms with Crippen LogP contribution in [0, 0.1) is 17.2 Å². The van der Waals surface area contributed by atoms with E-state index in [0.29, 0.717) is 29.1 Å². The third kappa shape index (κ3) is 6.21. The first kappa shape index (κ1) is 26.5. The summed E-state index contributed by atoms with van der Waals surface area (Å²) < 4.78 is 18.7. The van der Waals surface area contributed by atoms with Gasteiger partial charge in [-0.3, -0.25) is 9.48 Å². The van der Waals surface area contributed by atoms with E-state index in [-0.39, 0.29) is 48.5 Å². The fraction of sp³-hybridized carbons (Fsp3) is 0.593. The molecule has 4 rings (SSSR count). The monoisotopic (exact) mass is 509 g/mol. The van der Waals surface area contributed by atoms with Gasteiger partial charge in [0.2, 0.25) is 0 Å². The molecule has 2 atom stereocenters. The molecule has 0 aromatic carbocycles. The molecule has 2 aromatic heterocycles. The lowest BCUT2D eigenvalue weighted by atomic mass is 9.87. The van der Waals surface area contributed by atoms with E-state index in [2.05, 4.69) is 16.2 Å². The highest BCUT2D eigenvalue weighted by atomic mass is 16.6. The lowest BCUT2D eigenvalue weighted by molar-refractivity contribution is -0.154. The van der Waals surface area contributed by atoms with Crippen molar-refractivity contribution >= 4 is 12.1 Å². The Balaban J connectivity index is 1.44. The maximum atomic E-state index is 12.5. The zero-order valence-electron chi connectivity index (χ0n) is 22.0. The zero-order valence-corrected chi connectivity index (χ0v) is 22.0. The number of pyridine rings is 1. The molecular weight excluding hydrogens is 474 g/mol. The van der Waals surface area contributed by atoms with E-state index in [1.165, 1.54) is 0 Å². The summed E-state index contributed by atoms with van der Waals surface area (Å²) >= 11 is 0. The third-order valence-electron chi connectivity index (χ3n) is 7.15. The Morgan fingerprint density at radius 3 is 2.65 bits per heavy atom. The van der Waals surface area contributed by atoms with Gasteiger partial charge in [-0.1, -0.05) is 0 Å². The molecule has 0 bridgehead atoms. The highest BCUT2D eigenvalue weighted by Crippen LogP contribution is 2.32. The van der Waals surface area contributed by atoms with Gasteiger partial charge in [0.15, 0.2) is 11.4 Å². The molecule has 10 nitrogen and oxygen atoms in total. The van der Waals surface area contributed by atoms with E-state index in [4.69, 9.17) is 14.2 Å². The number of aromatic nitrogens is 3. The van der Waals surface area contributed by atoms with Gasteiger partial charge < -0.3 is 19.1 Å². The van der Waals surface area contributed by atoms with Crippen molar-refractivity contribution < 1.29 is 23.8 Å². The van der Waals surface area contributed by atoms with Gasteiger partial charge in [-0.05, 0) is 70.9 Å². The number of rotatable bonds is 8. The van der Waals surface area contributed by atoms with E-state index in [0.717, 1.165) is 38.5 Å². The second-order valence-electron chi connectivity index (χ2n) is 10.1. The van der Waals surface area contributed by atoms with Gasteiger partial charge in [-0.15, -0.1) is 0 Å². The molecule has 0 spiro atoms. The standard InChI is InChI=1S/C27H35N5O5/c1-17(2)36-26(33)18-7-5-10-20(13-18)37-25-12-11-22(30-23(25)14-28)21-15-29-32(4)24(21)16-35-27(34)31(3)19-8-6-9-19/h11-12,15,17-20H,5-10,13,16H2,1-4H3/t18-,20-/m0/s1. The van der Waals surface area contributed by atoms with Crippen molar-refractivity contribution in [1.82, 2.24) is 19.7 Å². The molecule has 1 amide bonds. The number of hydrogen-bond acceptors (Lipinski definition) is 8. The van der Waals surface area contributed by atoms with Gasteiger partial charge in [-0.2, -0.15) is 10.4 Å². The van der Waals surface area contributed by atoms with Crippen LogP contribution in [0.1, 0.15) is 70.2 Å². The minimum Gasteiger partial charge on any atom is -0.487 e. The predicted octanol–water partition coefficient (Wildman–Crippen LogP) is 4.36. The minimum atomic E-state index is -0.366. The second kappa shape index (κ2) is 11.6. The first-order valence-electron chi connectivity index (χ1n) is 13.0. The average molecular weight is 510 g/mol. The third-order valence-corrected chi connectivity index (χ3v) is 7.15. The largest absolute Gasteiger partial charge is 0.487 e. The van der Waals surface area contributed by atoms with Crippen LogP contribution in [0.4, 0.5) is 4.79 Å². The molecule has 2 saturated carbocycles. The number of aryl methyl sites for hydroxylation is 1. The summed E-state index contributed by atoms with van der Waals surface area (Å²) in [7, 11) is 3.53. The molecule has 37 heavy (non-hydrogen) atoms. The molecule has 2 aromatic rings. The van der Waals surface area contributed by atoms with Crippen molar-refractivity contribution in [1.29, 1.82) is 5.26 Å². The van der Waals surface area contributed by atoms with Crippen LogP contribution < -0.4 is 4.74 Å². The SMILES string of the molecule is CC(C)OC(=O)[C@H]1CCC[C@H](Oc2ccc(-c3cnn(C)c3COC(=O)N(C)C3CCC3)nc2C#N)C1. The lowest BCUT2D eigenvalue weighted by Gasteiger charge is -2.33. The van der Waals surface area contributed by atoms with E-state index in [9.17, 15) is 14.9 Å². The number of nitrogens with zero attached hydrogens (tertiary/aromatic N) is 5. The average Bonchev–Trinajstić information content (AvgIpc) is 3.21. The molecular formula is C27H35N5O5. The van der Waals surface area contributed by atoms with Crippen LogP contribution in [0.15, 0.2) is 18.3 Å². The molecule has 0 N–H and O–H groups in total. The summed E-state index contributed by atoms with van der Waals surface area (Å²) in [5, 5.41) is 14.1. The summed E-state index contributed by atoms with van der Waals surface area (Å²) in [6, 6.07) is 5.86. The number of carbonyl (C=O) groups is 2. The molecule has 10 heteroatoms. The van der Waals surface area contributed by atoms with Crippen LogP contribution in [0.25, 0.3) is 11.3 Å². The summed E-state index contributed by atoms with van der Waals surface area (Å²) in [6.07, 6.45) is 7.04. The van der Waals surface area contributed by atoms with E-state index in [1.807, 2.05) is 13.8 Å². The number of nitriles is 1. The highest BCUT2D eigenvalue weighted by molar-refractivity contribution is 5.72. The van der Waals surface area contributed by atoms with E-state index < -0.39 is 0 Å². The first-order chi connectivity index (χ1) is 17.8. The Labute approximate surface area is 217 Å². The quantitative estimate of drug-likeness (QED) is 0.481. The maximum Gasteiger partial charge on any atom is 0.410 e. The minimum absolute atomic E-state index is 0.0412. The normalized spacial score (nSPS) is 19.6. The van der Waals surface area contributed by atoms with Gasteiger partial charge in [0.25, 0.3) is 0 Å². The van der Waals surface area contributed by atoms with Crippen LogP contribution in [0.2, 0.25) is 0 Å². The number of esters is 1. The fourth-order valence-corrected chi connectivity index (χ4v) is 4.75. The number of amides is 1. The van der Waals surface area contributed by atoms with Crippen molar-refractivity contribution in [2.45, 2.75) is 83.6 Å². The maximum absolute atomic E-state index is 12.5. The van der Waals surface area contributed by atoms with Gasteiger partial charge in [0.05, 0.1) is 35.7 Å². The number of ether oxygens (including phenoxy) is 3. The van der Waals surface area contributed by atoms with E-state index >= 15 is 0 Å². The highest BCUT2D eigenvalue weighted by Gasteiger charge is 2.31. The Morgan fingerprint density at radius 2 is 1.97 bits per heavy atom. The summed E-state index contributed by atoms with van der Waals surface area (Å²) in [4.78, 5) is 31.0. The molecule has 2 aliphatic rings. The van der Waals surface area contributed by atoms with Gasteiger partial charge in [0.1, 0.15) is 12.7 Å². The molecule has 2 aliphatic carbocycles. The summed E-state index contributed by atoms with van der Waals surface area (Å²) in [5.41, 5.74) is 2.05. The molecule has 198 valence electrons. The van der Waals surface area contributed by atoms with Gasteiger partial charge >= 0.3 is 12.1 Å². The molecule has 2 fully saturated rings. The van der Waals surface area contributed by atoms with Crippen LogP contribution in [-0.2, 0) is 27.9 Å². The summed E-state index contributed by atoms with van der Waals surface area (Å²) in [5.74, 6) is -0.0167. The van der Waals surface area contributed by atoms with Crippen LogP contribution >= 0.6 is 0 Å². The van der Waals surface area contributed by atoms with Gasteiger partial charge in [-0.25, -0.2) is 9.78 Å². The smallest absolute Gasteiger partial charge is 0.410 e. The lowest BCUT2D eigenvalue weighted by Crippen LogP contribution is -2.41. The van der Waals surface area contributed by atoms with Crippen LogP contribution in [-0.4, -0.2) is 57.0 Å². The van der Waals surface area contributed by atoms with Gasteiger partial charge in [0, 0.05) is 25.7 Å². The topological polar surface area (TPSA) is 120 Å². The molecule has 0 aliphatic heterocycles. The van der Waals surface area contributed by atoms with Crippen molar-refractivity contribution in [3.63, 3.8) is 0 Å². The van der Waals surface area contributed by atoms with Crippen molar-refractivity contribution in [2.75, 3.05) is 7.05 Å².